The van der Waals surface area contributed by atoms with Crippen molar-refractivity contribution in [3.63, 3.8) is 0 Å². The topological polar surface area (TPSA) is 58.4 Å². The first-order chi connectivity index (χ1) is 8.16. The molecule has 0 aliphatic carbocycles. The van der Waals surface area contributed by atoms with Gasteiger partial charge in [-0.05, 0) is 43.9 Å². The minimum absolute atomic E-state index is 0.0154. The highest BCUT2D eigenvalue weighted by Gasteiger charge is 2.16. The number of amides is 2. The van der Waals surface area contributed by atoms with Gasteiger partial charge in [-0.25, -0.2) is 4.79 Å². The van der Waals surface area contributed by atoms with Gasteiger partial charge >= 0.3 is 6.03 Å². The van der Waals surface area contributed by atoms with E-state index in [4.69, 9.17) is 5.73 Å². The van der Waals surface area contributed by atoms with Crippen molar-refractivity contribution in [2.24, 2.45) is 0 Å². The fourth-order valence-electron chi connectivity index (χ4n) is 2.07. The second-order valence-electron chi connectivity index (χ2n) is 4.55. The Morgan fingerprint density at radius 2 is 2.00 bits per heavy atom. The van der Waals surface area contributed by atoms with Crippen molar-refractivity contribution in [1.82, 2.24) is 4.90 Å². The molecule has 1 heterocycles. The number of nitrogens with two attached hydrogens (primary N) is 1. The Bertz CT molecular complexity index is 411. The molecule has 3 N–H and O–H groups in total. The van der Waals surface area contributed by atoms with Crippen LogP contribution in [-0.4, -0.2) is 24.0 Å². The molecule has 1 aliphatic rings. The van der Waals surface area contributed by atoms with E-state index in [-0.39, 0.29) is 6.03 Å². The number of nitrogens with zero attached hydrogens (tertiary/aromatic N) is 1. The van der Waals surface area contributed by atoms with Crippen molar-refractivity contribution in [1.29, 1.82) is 0 Å². The summed E-state index contributed by atoms with van der Waals surface area (Å²) in [6, 6.07) is 5.54. The summed E-state index contributed by atoms with van der Waals surface area (Å²) in [6.45, 7) is 3.67. The van der Waals surface area contributed by atoms with Crippen molar-refractivity contribution < 1.29 is 4.79 Å². The second kappa shape index (κ2) is 5.08. The van der Waals surface area contributed by atoms with Crippen LogP contribution in [0.5, 0.6) is 0 Å². The van der Waals surface area contributed by atoms with E-state index < -0.39 is 0 Å². The van der Waals surface area contributed by atoms with Gasteiger partial charge in [-0.2, -0.15) is 0 Å². The van der Waals surface area contributed by atoms with E-state index in [0.717, 1.165) is 37.2 Å². The molecule has 17 heavy (non-hydrogen) atoms. The number of rotatable bonds is 1. The molecular weight excluding hydrogens is 214 g/mol. The maximum Gasteiger partial charge on any atom is 0.321 e. The summed E-state index contributed by atoms with van der Waals surface area (Å²) in [5, 5.41) is 2.93. The molecule has 0 saturated carbocycles. The number of carbonyl (C=O) groups is 1. The lowest BCUT2D eigenvalue weighted by molar-refractivity contribution is 0.200. The summed E-state index contributed by atoms with van der Waals surface area (Å²) in [5.74, 6) is 0. The first kappa shape index (κ1) is 11.8. The zero-order valence-corrected chi connectivity index (χ0v) is 10.2. The van der Waals surface area contributed by atoms with Crippen LogP contribution in [0.15, 0.2) is 18.2 Å². The third-order valence-corrected chi connectivity index (χ3v) is 3.15. The van der Waals surface area contributed by atoms with E-state index in [2.05, 4.69) is 5.32 Å². The lowest BCUT2D eigenvalue weighted by atomic mass is 10.1. The van der Waals surface area contributed by atoms with Crippen LogP contribution in [0.1, 0.15) is 24.8 Å². The van der Waals surface area contributed by atoms with Crippen molar-refractivity contribution in [3.05, 3.63) is 23.8 Å². The number of piperidine rings is 1. The van der Waals surface area contributed by atoms with Crippen LogP contribution in [0.3, 0.4) is 0 Å². The molecule has 0 aromatic heterocycles. The minimum Gasteiger partial charge on any atom is -0.399 e. The van der Waals surface area contributed by atoms with Gasteiger partial charge in [0.05, 0.1) is 0 Å². The quantitative estimate of drug-likeness (QED) is 0.732. The van der Waals surface area contributed by atoms with Gasteiger partial charge in [0.25, 0.3) is 0 Å². The van der Waals surface area contributed by atoms with Gasteiger partial charge in [0.15, 0.2) is 0 Å². The summed E-state index contributed by atoms with van der Waals surface area (Å²) in [7, 11) is 0. The Morgan fingerprint density at radius 3 is 2.71 bits per heavy atom. The molecule has 0 bridgehead atoms. The molecule has 0 atom stereocenters. The van der Waals surface area contributed by atoms with Gasteiger partial charge in [-0.15, -0.1) is 0 Å². The monoisotopic (exact) mass is 233 g/mol. The number of anilines is 2. The Balaban J connectivity index is 2.04. The van der Waals surface area contributed by atoms with Gasteiger partial charge < -0.3 is 16.0 Å². The largest absolute Gasteiger partial charge is 0.399 e. The lowest BCUT2D eigenvalue weighted by Crippen LogP contribution is -2.38. The number of nitrogen functional groups attached to an aromatic ring is 1. The highest BCUT2D eigenvalue weighted by atomic mass is 16.2. The zero-order chi connectivity index (χ0) is 12.3. The predicted molar refractivity (Wildman–Crippen MR) is 70.0 cm³/mol. The fraction of sp³-hybridized carbons (Fsp3) is 0.462. The van der Waals surface area contributed by atoms with Gasteiger partial charge in [0.2, 0.25) is 0 Å². The molecule has 92 valence electrons. The van der Waals surface area contributed by atoms with Gasteiger partial charge in [0, 0.05) is 24.5 Å². The number of benzene rings is 1. The van der Waals surface area contributed by atoms with E-state index in [0.29, 0.717) is 5.69 Å². The third-order valence-electron chi connectivity index (χ3n) is 3.15. The first-order valence-electron chi connectivity index (χ1n) is 6.09. The number of aryl methyl sites for hydroxylation is 1. The van der Waals surface area contributed by atoms with Crippen LogP contribution in [-0.2, 0) is 0 Å². The molecule has 0 unspecified atom stereocenters. The summed E-state index contributed by atoms with van der Waals surface area (Å²) in [5.41, 5.74) is 8.23. The molecule has 1 aliphatic heterocycles. The number of urea groups is 1. The zero-order valence-electron chi connectivity index (χ0n) is 10.2. The number of carbonyl (C=O) groups excluding carboxylic acids is 1. The van der Waals surface area contributed by atoms with Gasteiger partial charge in [0.1, 0.15) is 0 Å². The van der Waals surface area contributed by atoms with Crippen LogP contribution in [0, 0.1) is 6.92 Å². The van der Waals surface area contributed by atoms with E-state index in [1.54, 1.807) is 6.07 Å². The average Bonchev–Trinajstić information content (AvgIpc) is 2.35. The predicted octanol–water partition coefficient (Wildman–Crippen LogP) is 2.60. The van der Waals surface area contributed by atoms with E-state index >= 15 is 0 Å². The lowest BCUT2D eigenvalue weighted by Gasteiger charge is -2.27. The van der Waals surface area contributed by atoms with Crippen LogP contribution >= 0.6 is 0 Å². The Morgan fingerprint density at radius 1 is 1.29 bits per heavy atom. The third kappa shape index (κ3) is 2.90. The molecule has 1 saturated heterocycles. The molecule has 4 nitrogen and oxygen atoms in total. The normalized spacial score (nSPS) is 15.7. The van der Waals surface area contributed by atoms with Crippen molar-refractivity contribution >= 4 is 17.4 Å². The number of hydrogen-bond donors (Lipinski definition) is 2. The standard InChI is InChI=1S/C13H19N3O/c1-10-5-6-11(14)9-12(10)15-13(17)16-7-3-2-4-8-16/h5-6,9H,2-4,7-8,14H2,1H3,(H,15,17). The summed E-state index contributed by atoms with van der Waals surface area (Å²) < 4.78 is 0. The fourth-order valence-corrected chi connectivity index (χ4v) is 2.07. The van der Waals surface area contributed by atoms with Crippen molar-refractivity contribution in [3.8, 4) is 0 Å². The summed E-state index contributed by atoms with van der Waals surface area (Å²) >= 11 is 0. The molecule has 1 aromatic carbocycles. The second-order valence-corrected chi connectivity index (χ2v) is 4.55. The maximum absolute atomic E-state index is 12.0. The molecule has 0 spiro atoms. The van der Waals surface area contributed by atoms with Gasteiger partial charge in [-0.3, -0.25) is 0 Å². The molecule has 1 fully saturated rings. The molecule has 1 aromatic rings. The van der Waals surface area contributed by atoms with E-state index in [9.17, 15) is 4.79 Å². The van der Waals surface area contributed by atoms with Crippen LogP contribution in [0.4, 0.5) is 16.2 Å². The smallest absolute Gasteiger partial charge is 0.321 e. The van der Waals surface area contributed by atoms with Gasteiger partial charge in [-0.1, -0.05) is 6.07 Å². The minimum atomic E-state index is -0.0154. The first-order valence-corrected chi connectivity index (χ1v) is 6.09. The highest BCUT2D eigenvalue weighted by Crippen LogP contribution is 2.19. The molecule has 0 radical (unpaired) electrons. The SMILES string of the molecule is Cc1ccc(N)cc1NC(=O)N1CCCCC1. The van der Waals surface area contributed by atoms with Crippen molar-refractivity contribution in [2.75, 3.05) is 24.1 Å². The Kier molecular flexibility index (Phi) is 3.52. The number of hydrogen-bond acceptors (Lipinski definition) is 2. The van der Waals surface area contributed by atoms with E-state index in [1.807, 2.05) is 24.0 Å². The maximum atomic E-state index is 12.0. The summed E-state index contributed by atoms with van der Waals surface area (Å²) in [4.78, 5) is 13.9. The molecule has 2 amide bonds. The number of likely N-dealkylation sites (tertiary alicyclic amines) is 1. The van der Waals surface area contributed by atoms with E-state index in [1.165, 1.54) is 6.42 Å². The highest BCUT2D eigenvalue weighted by molar-refractivity contribution is 5.90. The van der Waals surface area contributed by atoms with Crippen molar-refractivity contribution in [2.45, 2.75) is 26.2 Å². The van der Waals surface area contributed by atoms with Crippen LogP contribution in [0.25, 0.3) is 0 Å². The Labute approximate surface area is 102 Å². The van der Waals surface area contributed by atoms with Crippen LogP contribution in [0.2, 0.25) is 0 Å². The Hall–Kier alpha value is -1.71. The molecule has 2 rings (SSSR count). The number of nitrogens with one attached hydrogen (secondary N) is 1. The molecule has 4 heteroatoms. The van der Waals surface area contributed by atoms with Crippen LogP contribution < -0.4 is 11.1 Å². The average molecular weight is 233 g/mol. The summed E-state index contributed by atoms with van der Waals surface area (Å²) in [6.07, 6.45) is 3.42. The molecular formula is C13H19N3O.